The highest BCUT2D eigenvalue weighted by molar-refractivity contribution is 7.98. The van der Waals surface area contributed by atoms with Gasteiger partial charge in [0.05, 0.1) is 5.52 Å². The Hall–Kier alpha value is -1.62. The van der Waals surface area contributed by atoms with Crippen molar-refractivity contribution in [3.63, 3.8) is 0 Å². The van der Waals surface area contributed by atoms with Crippen molar-refractivity contribution in [2.45, 2.75) is 31.5 Å². The first-order chi connectivity index (χ1) is 9.35. The number of aromatic nitrogens is 4. The van der Waals surface area contributed by atoms with Crippen LogP contribution in [0.15, 0.2) is 29.4 Å². The average molecular weight is 272 g/mol. The highest BCUT2D eigenvalue weighted by Gasteiger charge is 2.13. The first-order valence-corrected chi connectivity index (χ1v) is 7.73. The fourth-order valence-electron chi connectivity index (χ4n) is 2.32. The lowest BCUT2D eigenvalue weighted by Crippen LogP contribution is -2.00. The molecule has 3 aromatic rings. The van der Waals surface area contributed by atoms with Gasteiger partial charge in [0.2, 0.25) is 5.16 Å². The van der Waals surface area contributed by atoms with Crippen molar-refractivity contribution in [1.29, 1.82) is 0 Å². The van der Waals surface area contributed by atoms with Crippen LogP contribution >= 0.6 is 11.8 Å². The van der Waals surface area contributed by atoms with Crippen molar-refractivity contribution >= 4 is 33.8 Å². The van der Waals surface area contributed by atoms with Crippen LogP contribution in [0.3, 0.4) is 0 Å². The number of benzene rings is 1. The number of nitrogens with zero attached hydrogens (tertiary/aromatic N) is 4. The van der Waals surface area contributed by atoms with Gasteiger partial charge in [-0.25, -0.2) is 4.98 Å². The molecule has 0 saturated heterocycles. The summed E-state index contributed by atoms with van der Waals surface area (Å²) < 4.78 is 2.27. The minimum atomic E-state index is 0.730. The van der Waals surface area contributed by atoms with Gasteiger partial charge < -0.3 is 4.57 Å². The van der Waals surface area contributed by atoms with Crippen molar-refractivity contribution in [2.24, 2.45) is 0 Å². The largest absolute Gasteiger partial charge is 0.324 e. The van der Waals surface area contributed by atoms with Crippen LogP contribution in [0.2, 0.25) is 0 Å². The maximum Gasteiger partial charge on any atom is 0.210 e. The summed E-state index contributed by atoms with van der Waals surface area (Å²) in [4.78, 5) is 4.64. The SMILES string of the molecule is CCCCn1c2ccccc2c2nnc(SC)nc21. The molecule has 19 heavy (non-hydrogen) atoms. The van der Waals surface area contributed by atoms with E-state index in [0.29, 0.717) is 0 Å². The second-order valence-corrected chi connectivity index (χ2v) is 5.27. The van der Waals surface area contributed by atoms with E-state index < -0.39 is 0 Å². The Balaban J connectivity index is 2.31. The second-order valence-electron chi connectivity index (χ2n) is 4.49. The predicted molar refractivity (Wildman–Crippen MR) is 79.5 cm³/mol. The number of para-hydroxylation sites is 1. The zero-order valence-electron chi connectivity index (χ0n) is 11.1. The molecule has 4 nitrogen and oxygen atoms in total. The molecule has 3 rings (SSSR count). The summed E-state index contributed by atoms with van der Waals surface area (Å²) in [5.74, 6) is 0. The normalized spacial score (nSPS) is 11.5. The summed E-state index contributed by atoms with van der Waals surface area (Å²) in [7, 11) is 0. The van der Waals surface area contributed by atoms with E-state index in [4.69, 9.17) is 0 Å². The van der Waals surface area contributed by atoms with Gasteiger partial charge in [0.1, 0.15) is 5.52 Å². The Labute approximate surface area is 116 Å². The molecular formula is C14H16N4S. The van der Waals surface area contributed by atoms with E-state index in [-0.39, 0.29) is 0 Å². The summed E-state index contributed by atoms with van der Waals surface area (Å²) in [6, 6.07) is 8.32. The van der Waals surface area contributed by atoms with E-state index in [9.17, 15) is 0 Å². The third-order valence-electron chi connectivity index (χ3n) is 3.27. The highest BCUT2D eigenvalue weighted by Crippen LogP contribution is 2.27. The van der Waals surface area contributed by atoms with Crippen molar-refractivity contribution < 1.29 is 0 Å². The molecule has 0 radical (unpaired) electrons. The van der Waals surface area contributed by atoms with E-state index in [1.54, 1.807) is 0 Å². The molecule has 0 amide bonds. The molecule has 5 heteroatoms. The van der Waals surface area contributed by atoms with Crippen molar-refractivity contribution in [3.8, 4) is 0 Å². The van der Waals surface area contributed by atoms with Gasteiger partial charge >= 0.3 is 0 Å². The summed E-state index contributed by atoms with van der Waals surface area (Å²) in [5, 5.41) is 10.4. The van der Waals surface area contributed by atoms with E-state index in [1.165, 1.54) is 23.7 Å². The van der Waals surface area contributed by atoms with E-state index in [0.717, 1.165) is 34.7 Å². The average Bonchev–Trinajstić information content (AvgIpc) is 2.78. The molecule has 0 atom stereocenters. The van der Waals surface area contributed by atoms with Crippen LogP contribution in [-0.4, -0.2) is 26.0 Å². The molecule has 0 aliphatic carbocycles. The smallest absolute Gasteiger partial charge is 0.210 e. The van der Waals surface area contributed by atoms with Crippen molar-refractivity contribution in [3.05, 3.63) is 24.3 Å². The van der Waals surface area contributed by atoms with Gasteiger partial charge in [-0.05, 0) is 18.7 Å². The number of unbranched alkanes of at least 4 members (excludes halogenated alkanes) is 1. The molecule has 0 bridgehead atoms. The van der Waals surface area contributed by atoms with Gasteiger partial charge in [-0.3, -0.25) is 0 Å². The maximum atomic E-state index is 4.64. The summed E-state index contributed by atoms with van der Waals surface area (Å²) in [6.07, 6.45) is 4.29. The quantitative estimate of drug-likeness (QED) is 0.682. The zero-order valence-corrected chi connectivity index (χ0v) is 11.9. The van der Waals surface area contributed by atoms with Crippen LogP contribution in [0.5, 0.6) is 0 Å². The van der Waals surface area contributed by atoms with Gasteiger partial charge in [0, 0.05) is 11.9 Å². The van der Waals surface area contributed by atoms with Gasteiger partial charge in [-0.2, -0.15) is 0 Å². The van der Waals surface area contributed by atoms with Crippen molar-refractivity contribution in [1.82, 2.24) is 19.7 Å². The van der Waals surface area contributed by atoms with E-state index >= 15 is 0 Å². The molecule has 0 fully saturated rings. The molecule has 0 spiro atoms. The van der Waals surface area contributed by atoms with Crippen LogP contribution in [0.4, 0.5) is 0 Å². The monoisotopic (exact) mass is 272 g/mol. The van der Waals surface area contributed by atoms with Gasteiger partial charge in [0.25, 0.3) is 0 Å². The number of thioether (sulfide) groups is 1. The molecule has 0 unspecified atom stereocenters. The molecule has 1 aromatic carbocycles. The first-order valence-electron chi connectivity index (χ1n) is 6.50. The Kier molecular flexibility index (Phi) is 3.38. The molecule has 2 heterocycles. The standard InChI is InChI=1S/C14H16N4S/c1-3-4-9-18-11-8-6-5-7-10(11)12-13(18)15-14(19-2)17-16-12/h5-8H,3-4,9H2,1-2H3. The Morgan fingerprint density at radius 3 is 2.84 bits per heavy atom. The highest BCUT2D eigenvalue weighted by atomic mass is 32.2. The number of aryl methyl sites for hydroxylation is 1. The Morgan fingerprint density at radius 2 is 2.05 bits per heavy atom. The lowest BCUT2D eigenvalue weighted by atomic mass is 10.2. The van der Waals surface area contributed by atoms with Crippen LogP contribution in [-0.2, 0) is 6.54 Å². The molecule has 98 valence electrons. The van der Waals surface area contributed by atoms with Crippen LogP contribution in [0, 0.1) is 0 Å². The Bertz CT molecular complexity index is 720. The molecule has 0 N–H and O–H groups in total. The summed E-state index contributed by atoms with van der Waals surface area (Å²) in [5.41, 5.74) is 3.06. The number of hydrogen-bond acceptors (Lipinski definition) is 4. The predicted octanol–water partition coefficient (Wildman–Crippen LogP) is 3.50. The lowest BCUT2D eigenvalue weighted by Gasteiger charge is -2.05. The third-order valence-corrected chi connectivity index (χ3v) is 3.81. The maximum absolute atomic E-state index is 4.64. The second kappa shape index (κ2) is 5.17. The van der Waals surface area contributed by atoms with Crippen LogP contribution in [0.25, 0.3) is 22.1 Å². The van der Waals surface area contributed by atoms with Crippen molar-refractivity contribution in [2.75, 3.05) is 6.26 Å². The molecular weight excluding hydrogens is 256 g/mol. The minimum absolute atomic E-state index is 0.730. The number of rotatable bonds is 4. The van der Waals surface area contributed by atoms with Gasteiger partial charge in [-0.1, -0.05) is 43.3 Å². The first kappa shape index (κ1) is 12.4. The van der Waals surface area contributed by atoms with Gasteiger partial charge in [-0.15, -0.1) is 10.2 Å². The lowest BCUT2D eigenvalue weighted by molar-refractivity contribution is 0.656. The fraction of sp³-hybridized carbons (Fsp3) is 0.357. The molecule has 0 aliphatic heterocycles. The molecule has 0 aliphatic rings. The van der Waals surface area contributed by atoms with Gasteiger partial charge in [0.15, 0.2) is 5.65 Å². The molecule has 2 aromatic heterocycles. The Morgan fingerprint density at radius 1 is 1.21 bits per heavy atom. The molecule has 0 saturated carbocycles. The van der Waals surface area contributed by atoms with Crippen LogP contribution in [0.1, 0.15) is 19.8 Å². The fourth-order valence-corrected chi connectivity index (χ4v) is 2.62. The number of hydrogen-bond donors (Lipinski definition) is 0. The zero-order chi connectivity index (χ0) is 13.2. The summed E-state index contributed by atoms with van der Waals surface area (Å²) in [6.45, 7) is 3.18. The topological polar surface area (TPSA) is 43.6 Å². The number of fused-ring (bicyclic) bond motifs is 3. The third kappa shape index (κ3) is 2.08. The van der Waals surface area contributed by atoms with E-state index in [2.05, 4.69) is 44.9 Å². The summed E-state index contributed by atoms with van der Waals surface area (Å²) >= 11 is 1.53. The van der Waals surface area contributed by atoms with E-state index in [1.807, 2.05) is 12.3 Å². The van der Waals surface area contributed by atoms with Crippen LogP contribution < -0.4 is 0 Å². The minimum Gasteiger partial charge on any atom is -0.324 e.